The van der Waals surface area contributed by atoms with E-state index >= 15 is 0 Å². The van der Waals surface area contributed by atoms with Crippen LogP contribution in [-0.2, 0) is 14.9 Å². The first kappa shape index (κ1) is 29.4. The van der Waals surface area contributed by atoms with Gasteiger partial charge in [0.2, 0.25) is 0 Å². The Kier molecular flexibility index (Phi) is 13.0. The summed E-state index contributed by atoms with van der Waals surface area (Å²) < 4.78 is 4.25. The van der Waals surface area contributed by atoms with Gasteiger partial charge in [-0.05, 0) is 55.2 Å². The Labute approximate surface area is 195 Å². The van der Waals surface area contributed by atoms with Crippen LogP contribution in [0.5, 0.6) is 0 Å². The van der Waals surface area contributed by atoms with Gasteiger partial charge in [0.1, 0.15) is 12.1 Å². The second-order valence-corrected chi connectivity index (χ2v) is 9.56. The van der Waals surface area contributed by atoms with Crippen LogP contribution in [0.1, 0.15) is 88.7 Å². The molecular weight excluding hydrogens is 404 g/mol. The SMILES string of the molecule is CCC(CC)(/C(S)=C/C(C)=C/CCC(=O)C(C)(C)C)c1ccc(C=O)c(C)c1.COC. The van der Waals surface area contributed by atoms with Crippen molar-refractivity contribution in [1.29, 1.82) is 0 Å². The van der Waals surface area contributed by atoms with Crippen molar-refractivity contribution in [3.05, 3.63) is 57.5 Å². The predicted molar refractivity (Wildman–Crippen MR) is 136 cm³/mol. The van der Waals surface area contributed by atoms with E-state index in [4.69, 9.17) is 12.6 Å². The van der Waals surface area contributed by atoms with Gasteiger partial charge in [-0.1, -0.05) is 64.5 Å². The van der Waals surface area contributed by atoms with Crippen molar-refractivity contribution in [1.82, 2.24) is 0 Å². The number of ketones is 1. The number of carbonyl (C=O) groups excluding carboxylic acids is 2. The predicted octanol–water partition coefficient (Wildman–Crippen LogP) is 7.28. The Bertz CT molecular complexity index is 778. The number of aldehydes is 1. The Balaban J connectivity index is 0.00000282. The zero-order chi connectivity index (χ0) is 24.2. The van der Waals surface area contributed by atoms with Gasteiger partial charge in [0.05, 0.1) is 0 Å². The van der Waals surface area contributed by atoms with Crippen LogP contribution < -0.4 is 0 Å². The van der Waals surface area contributed by atoms with E-state index < -0.39 is 0 Å². The lowest BCUT2D eigenvalue weighted by Crippen LogP contribution is -2.25. The van der Waals surface area contributed by atoms with Crippen molar-refractivity contribution in [3.8, 4) is 0 Å². The average Bonchev–Trinajstić information content (AvgIpc) is 2.69. The third-order valence-electron chi connectivity index (χ3n) is 5.69. The molecule has 0 atom stereocenters. The fraction of sp³-hybridized carbons (Fsp3) is 0.556. The fourth-order valence-electron chi connectivity index (χ4n) is 3.49. The van der Waals surface area contributed by atoms with E-state index in [-0.39, 0.29) is 16.6 Å². The fourth-order valence-corrected chi connectivity index (χ4v) is 4.14. The summed E-state index contributed by atoms with van der Waals surface area (Å²) in [5.74, 6) is 0.286. The zero-order valence-electron chi connectivity index (χ0n) is 21.0. The van der Waals surface area contributed by atoms with Gasteiger partial charge in [0.15, 0.2) is 0 Å². The number of benzene rings is 1. The van der Waals surface area contributed by atoms with E-state index in [0.29, 0.717) is 6.42 Å². The van der Waals surface area contributed by atoms with Gasteiger partial charge in [0, 0.05) is 37.0 Å². The van der Waals surface area contributed by atoms with E-state index in [1.165, 1.54) is 5.56 Å². The highest BCUT2D eigenvalue weighted by Gasteiger charge is 2.31. The largest absolute Gasteiger partial charge is 0.388 e. The maximum atomic E-state index is 12.1. The van der Waals surface area contributed by atoms with E-state index in [2.05, 4.69) is 49.8 Å². The molecule has 0 N–H and O–H groups in total. The zero-order valence-corrected chi connectivity index (χ0v) is 21.9. The molecule has 0 aliphatic rings. The normalized spacial score (nSPS) is 12.8. The highest BCUT2D eigenvalue weighted by molar-refractivity contribution is 7.84. The van der Waals surface area contributed by atoms with Gasteiger partial charge in [-0.15, -0.1) is 12.6 Å². The number of hydrogen-bond donors (Lipinski definition) is 1. The maximum absolute atomic E-state index is 12.1. The summed E-state index contributed by atoms with van der Waals surface area (Å²) in [6.45, 7) is 14.3. The molecular formula is C27H42O3S. The quantitative estimate of drug-likeness (QED) is 0.246. The highest BCUT2D eigenvalue weighted by Crippen LogP contribution is 2.41. The van der Waals surface area contributed by atoms with Crippen molar-refractivity contribution in [3.63, 3.8) is 0 Å². The number of ether oxygens (including phenoxy) is 1. The summed E-state index contributed by atoms with van der Waals surface area (Å²) in [5.41, 5.74) is 3.59. The van der Waals surface area contributed by atoms with Crippen LogP contribution in [0, 0.1) is 12.3 Å². The minimum atomic E-state index is -0.280. The van der Waals surface area contributed by atoms with Crippen molar-refractivity contribution in [2.45, 2.75) is 79.6 Å². The molecule has 0 heterocycles. The second kappa shape index (κ2) is 13.7. The molecule has 31 heavy (non-hydrogen) atoms. The lowest BCUT2D eigenvalue weighted by Gasteiger charge is -2.33. The van der Waals surface area contributed by atoms with Crippen LogP contribution in [0.3, 0.4) is 0 Å². The van der Waals surface area contributed by atoms with E-state index in [1.807, 2.05) is 33.8 Å². The van der Waals surface area contributed by atoms with Gasteiger partial charge >= 0.3 is 0 Å². The number of methoxy groups -OCH3 is 1. The first-order chi connectivity index (χ1) is 14.4. The molecule has 1 aromatic carbocycles. The number of Topliss-reactive ketones (excluding diaryl/α,β-unsaturated/α-hetero) is 1. The van der Waals surface area contributed by atoms with Crippen molar-refractivity contribution in [2.75, 3.05) is 14.2 Å². The van der Waals surface area contributed by atoms with E-state index in [9.17, 15) is 9.59 Å². The molecule has 1 aromatic rings. The Morgan fingerprint density at radius 1 is 1.13 bits per heavy atom. The number of allylic oxidation sites excluding steroid dienone is 4. The van der Waals surface area contributed by atoms with E-state index in [0.717, 1.165) is 47.2 Å². The molecule has 0 bridgehead atoms. The maximum Gasteiger partial charge on any atom is 0.150 e. The van der Waals surface area contributed by atoms with Gasteiger partial charge in [-0.2, -0.15) is 0 Å². The Morgan fingerprint density at radius 3 is 2.10 bits per heavy atom. The molecule has 0 amide bonds. The lowest BCUT2D eigenvalue weighted by atomic mass is 9.74. The molecule has 0 fully saturated rings. The standard InChI is InChI=1S/C25H36O2S.C2H6O/c1-8-25(9-2,21-14-13-20(17-26)19(4)16-21)23(28)15-18(3)11-10-12-22(27)24(5,6)7;1-3-2/h11,13-17,28H,8-10,12H2,1-7H3;1-2H3/b18-11+,23-15-;. The molecule has 0 spiro atoms. The van der Waals surface area contributed by atoms with Crippen LogP contribution in [0.4, 0.5) is 0 Å². The smallest absolute Gasteiger partial charge is 0.150 e. The van der Waals surface area contributed by atoms with Crippen molar-refractivity contribution in [2.24, 2.45) is 5.41 Å². The molecule has 4 heteroatoms. The summed E-state index contributed by atoms with van der Waals surface area (Å²) in [5, 5.41) is 0. The average molecular weight is 447 g/mol. The molecule has 1 rings (SSSR count). The molecule has 0 aromatic heterocycles. The minimum absolute atomic E-state index is 0.175. The van der Waals surface area contributed by atoms with Crippen LogP contribution in [0.2, 0.25) is 0 Å². The molecule has 0 aliphatic heterocycles. The number of aryl methyl sites for hydroxylation is 1. The first-order valence-electron chi connectivity index (χ1n) is 11.0. The number of hydrogen-bond acceptors (Lipinski definition) is 4. The lowest BCUT2D eigenvalue weighted by molar-refractivity contribution is -0.126. The molecule has 0 saturated carbocycles. The molecule has 174 valence electrons. The van der Waals surface area contributed by atoms with E-state index in [1.54, 1.807) is 14.2 Å². The summed E-state index contributed by atoms with van der Waals surface area (Å²) in [7, 11) is 3.25. The Morgan fingerprint density at radius 2 is 1.68 bits per heavy atom. The number of carbonyl (C=O) groups is 2. The topological polar surface area (TPSA) is 43.4 Å². The molecule has 0 aliphatic carbocycles. The van der Waals surface area contributed by atoms with Crippen LogP contribution >= 0.6 is 12.6 Å². The van der Waals surface area contributed by atoms with Gasteiger partial charge in [-0.3, -0.25) is 9.59 Å². The molecule has 0 unspecified atom stereocenters. The number of rotatable bonds is 9. The molecule has 0 radical (unpaired) electrons. The van der Waals surface area contributed by atoms with Crippen LogP contribution in [-0.4, -0.2) is 26.3 Å². The summed E-state index contributed by atoms with van der Waals surface area (Å²) >= 11 is 4.90. The monoisotopic (exact) mass is 446 g/mol. The second-order valence-electron chi connectivity index (χ2n) is 9.08. The van der Waals surface area contributed by atoms with Crippen LogP contribution in [0.15, 0.2) is 40.8 Å². The number of thiol groups is 1. The highest BCUT2D eigenvalue weighted by atomic mass is 32.1. The third kappa shape index (κ3) is 8.78. The summed E-state index contributed by atoms with van der Waals surface area (Å²) in [6.07, 6.45) is 8.32. The van der Waals surface area contributed by atoms with Crippen molar-refractivity contribution < 1.29 is 14.3 Å². The van der Waals surface area contributed by atoms with Gasteiger partial charge < -0.3 is 4.74 Å². The summed E-state index contributed by atoms with van der Waals surface area (Å²) in [4.78, 5) is 24.3. The van der Waals surface area contributed by atoms with Gasteiger partial charge in [0.25, 0.3) is 0 Å². The summed E-state index contributed by atoms with van der Waals surface area (Å²) in [6, 6.07) is 6.07. The minimum Gasteiger partial charge on any atom is -0.388 e. The van der Waals surface area contributed by atoms with Gasteiger partial charge in [-0.25, -0.2) is 0 Å². The first-order valence-corrected chi connectivity index (χ1v) is 11.5. The molecule has 3 nitrogen and oxygen atoms in total. The third-order valence-corrected chi connectivity index (χ3v) is 6.24. The van der Waals surface area contributed by atoms with Crippen molar-refractivity contribution >= 4 is 24.7 Å². The Hall–Kier alpha value is -1.65. The van der Waals surface area contributed by atoms with Crippen LogP contribution in [0.25, 0.3) is 0 Å². The molecule has 0 saturated heterocycles.